The number of carbonyl (C=O) groups excluding carboxylic acids is 2. The first kappa shape index (κ1) is 20.4. The molecule has 1 N–H and O–H groups in total. The second-order valence-electron chi connectivity index (χ2n) is 6.98. The maximum atomic E-state index is 12.8. The topological polar surface area (TPSA) is 65.5 Å². The highest BCUT2D eigenvalue weighted by atomic mass is 35.5. The van der Waals surface area contributed by atoms with Crippen LogP contribution >= 0.6 is 22.9 Å². The fraction of sp³-hybridized carbons (Fsp3) is 0.227. The molecule has 8 heteroatoms. The lowest BCUT2D eigenvalue weighted by atomic mass is 10.2. The molecule has 0 bridgehead atoms. The summed E-state index contributed by atoms with van der Waals surface area (Å²) in [5, 5.41) is 5.35. The van der Waals surface area contributed by atoms with E-state index in [2.05, 4.69) is 15.2 Å². The summed E-state index contributed by atoms with van der Waals surface area (Å²) >= 11 is 7.32. The number of halogens is 1. The van der Waals surface area contributed by atoms with Crippen LogP contribution < -0.4 is 10.2 Å². The van der Waals surface area contributed by atoms with Crippen molar-refractivity contribution in [1.29, 1.82) is 0 Å². The van der Waals surface area contributed by atoms with Crippen molar-refractivity contribution in [3.8, 4) is 0 Å². The number of nitrogens with zero attached hydrogens (tertiary/aromatic N) is 3. The summed E-state index contributed by atoms with van der Waals surface area (Å²) in [6.07, 6.45) is 2.53. The number of nitrogens with one attached hydrogen (secondary N) is 1. The zero-order valence-electron chi connectivity index (χ0n) is 16.3. The molecule has 0 radical (unpaired) electrons. The van der Waals surface area contributed by atoms with Crippen LogP contribution in [0.1, 0.15) is 26.5 Å². The molecule has 6 nitrogen and oxygen atoms in total. The number of benzene rings is 1. The maximum absolute atomic E-state index is 12.8. The number of carbonyl (C=O) groups is 2. The van der Waals surface area contributed by atoms with Gasteiger partial charge in [0.25, 0.3) is 11.8 Å². The number of anilines is 2. The van der Waals surface area contributed by atoms with E-state index >= 15 is 0 Å². The highest BCUT2D eigenvalue weighted by Crippen LogP contribution is 2.19. The molecule has 154 valence electrons. The molecule has 1 fully saturated rings. The number of thiophene rings is 1. The van der Waals surface area contributed by atoms with Gasteiger partial charge in [0.1, 0.15) is 5.82 Å². The summed E-state index contributed by atoms with van der Waals surface area (Å²) in [6, 6.07) is 14.4. The number of aromatic nitrogens is 1. The van der Waals surface area contributed by atoms with Crippen LogP contribution in [0.25, 0.3) is 0 Å². The highest BCUT2D eigenvalue weighted by molar-refractivity contribution is 7.12. The van der Waals surface area contributed by atoms with Gasteiger partial charge >= 0.3 is 0 Å². The van der Waals surface area contributed by atoms with Gasteiger partial charge in [0.2, 0.25) is 0 Å². The summed E-state index contributed by atoms with van der Waals surface area (Å²) in [4.78, 5) is 34.1. The molecule has 0 unspecified atom stereocenters. The summed E-state index contributed by atoms with van der Waals surface area (Å²) < 4.78 is 0. The van der Waals surface area contributed by atoms with Gasteiger partial charge in [-0.05, 0) is 54.3 Å². The minimum atomic E-state index is -0.134. The van der Waals surface area contributed by atoms with Crippen molar-refractivity contribution in [3.63, 3.8) is 0 Å². The van der Waals surface area contributed by atoms with E-state index in [9.17, 15) is 9.59 Å². The normalized spacial score (nSPS) is 14.3. The fourth-order valence-electron chi connectivity index (χ4n) is 3.37. The number of rotatable bonds is 4. The largest absolute Gasteiger partial charge is 0.355 e. The Kier molecular flexibility index (Phi) is 6.30. The van der Waals surface area contributed by atoms with Crippen LogP contribution in [0.3, 0.4) is 0 Å². The average Bonchev–Trinajstić information content (AvgIpc) is 3.20. The Morgan fingerprint density at radius 2 is 1.83 bits per heavy atom. The van der Waals surface area contributed by atoms with E-state index in [1.54, 1.807) is 36.5 Å². The average molecular weight is 441 g/mol. The first-order valence-corrected chi connectivity index (χ1v) is 11.0. The molecule has 30 heavy (non-hydrogen) atoms. The molecule has 0 aliphatic carbocycles. The van der Waals surface area contributed by atoms with E-state index in [1.165, 1.54) is 11.3 Å². The Labute approximate surface area is 184 Å². The van der Waals surface area contributed by atoms with Crippen molar-refractivity contribution in [2.75, 3.05) is 36.4 Å². The van der Waals surface area contributed by atoms with Crippen molar-refractivity contribution < 1.29 is 9.59 Å². The Bertz CT molecular complexity index is 1010. The minimum absolute atomic E-state index is 0.0214. The van der Waals surface area contributed by atoms with E-state index in [-0.39, 0.29) is 11.8 Å². The minimum Gasteiger partial charge on any atom is -0.355 e. The molecule has 2 aromatic heterocycles. The van der Waals surface area contributed by atoms with Gasteiger partial charge in [0.15, 0.2) is 0 Å². The molecular weight excluding hydrogens is 420 g/mol. The van der Waals surface area contributed by atoms with Gasteiger partial charge in [-0.15, -0.1) is 11.3 Å². The summed E-state index contributed by atoms with van der Waals surface area (Å²) in [6.45, 7) is 2.85. The van der Waals surface area contributed by atoms with E-state index < -0.39 is 0 Å². The van der Waals surface area contributed by atoms with Crippen molar-refractivity contribution in [2.45, 2.75) is 6.42 Å². The number of hydrogen-bond acceptors (Lipinski definition) is 5. The van der Waals surface area contributed by atoms with E-state index in [0.29, 0.717) is 40.8 Å². The van der Waals surface area contributed by atoms with Crippen molar-refractivity contribution in [2.24, 2.45) is 0 Å². The molecule has 3 heterocycles. The molecule has 1 aromatic carbocycles. The van der Waals surface area contributed by atoms with Crippen LogP contribution in [0.5, 0.6) is 0 Å². The van der Waals surface area contributed by atoms with Crippen LogP contribution in [0.4, 0.5) is 11.5 Å². The molecule has 0 saturated carbocycles. The van der Waals surface area contributed by atoms with Gasteiger partial charge < -0.3 is 15.1 Å². The SMILES string of the molecule is O=C(Nc1ccc(N2CCCN(C(=O)c3ccc(Cl)cc3)CC2)nc1)c1cccs1. The molecule has 3 aromatic rings. The predicted molar refractivity (Wildman–Crippen MR) is 121 cm³/mol. The second kappa shape index (κ2) is 9.28. The van der Waals surface area contributed by atoms with Crippen molar-refractivity contribution >= 4 is 46.3 Å². The Hall–Kier alpha value is -2.90. The van der Waals surface area contributed by atoms with Crippen LogP contribution in [0.15, 0.2) is 60.1 Å². The first-order valence-electron chi connectivity index (χ1n) is 9.71. The van der Waals surface area contributed by atoms with Crippen LogP contribution in [-0.2, 0) is 0 Å². The number of hydrogen-bond donors (Lipinski definition) is 1. The Morgan fingerprint density at radius 3 is 2.53 bits per heavy atom. The van der Waals surface area contributed by atoms with Gasteiger partial charge in [0, 0.05) is 36.8 Å². The standard InChI is InChI=1S/C22H21ClN4O2S/c23-17-6-4-16(5-7-17)22(29)27-11-2-10-26(12-13-27)20-9-8-18(15-24-20)25-21(28)19-3-1-14-30-19/h1,3-9,14-15H,2,10-13H2,(H,25,28). The van der Waals surface area contributed by atoms with Crippen LogP contribution in [-0.4, -0.2) is 47.9 Å². The smallest absolute Gasteiger partial charge is 0.265 e. The predicted octanol–water partition coefficient (Wildman–Crippen LogP) is 4.40. The Balaban J connectivity index is 1.36. The third kappa shape index (κ3) is 4.80. The molecule has 1 aliphatic rings. The molecular formula is C22H21ClN4O2S. The third-order valence-corrected chi connectivity index (χ3v) is 6.07. The van der Waals surface area contributed by atoms with Crippen molar-refractivity contribution in [1.82, 2.24) is 9.88 Å². The monoisotopic (exact) mass is 440 g/mol. The van der Waals surface area contributed by atoms with Gasteiger partial charge in [-0.3, -0.25) is 9.59 Å². The zero-order chi connectivity index (χ0) is 20.9. The Morgan fingerprint density at radius 1 is 1.00 bits per heavy atom. The highest BCUT2D eigenvalue weighted by Gasteiger charge is 2.21. The van der Waals surface area contributed by atoms with Gasteiger partial charge in [-0.25, -0.2) is 4.98 Å². The first-order chi connectivity index (χ1) is 14.6. The lowest BCUT2D eigenvalue weighted by Gasteiger charge is -2.23. The zero-order valence-corrected chi connectivity index (χ0v) is 17.8. The lowest BCUT2D eigenvalue weighted by molar-refractivity contribution is 0.0767. The lowest BCUT2D eigenvalue weighted by Crippen LogP contribution is -2.35. The van der Waals surface area contributed by atoms with Gasteiger partial charge in [-0.1, -0.05) is 17.7 Å². The fourth-order valence-corrected chi connectivity index (χ4v) is 4.12. The molecule has 1 aliphatic heterocycles. The van der Waals surface area contributed by atoms with E-state index in [0.717, 1.165) is 18.8 Å². The molecule has 1 saturated heterocycles. The number of amides is 2. The second-order valence-corrected chi connectivity index (χ2v) is 8.36. The van der Waals surface area contributed by atoms with E-state index in [4.69, 9.17) is 11.6 Å². The van der Waals surface area contributed by atoms with Crippen LogP contribution in [0, 0.1) is 0 Å². The summed E-state index contributed by atoms with van der Waals surface area (Å²) in [7, 11) is 0. The molecule has 2 amide bonds. The summed E-state index contributed by atoms with van der Waals surface area (Å²) in [5.41, 5.74) is 1.31. The number of pyridine rings is 1. The quantitative estimate of drug-likeness (QED) is 0.653. The maximum Gasteiger partial charge on any atom is 0.265 e. The molecule has 0 atom stereocenters. The summed E-state index contributed by atoms with van der Waals surface area (Å²) in [5.74, 6) is 0.726. The van der Waals surface area contributed by atoms with Gasteiger partial charge in [0.05, 0.1) is 16.8 Å². The van der Waals surface area contributed by atoms with Gasteiger partial charge in [-0.2, -0.15) is 0 Å². The van der Waals surface area contributed by atoms with Crippen LogP contribution in [0.2, 0.25) is 5.02 Å². The molecule has 0 spiro atoms. The van der Waals surface area contributed by atoms with Crippen molar-refractivity contribution in [3.05, 3.63) is 75.6 Å². The van der Waals surface area contributed by atoms with E-state index in [1.807, 2.05) is 28.5 Å². The molecule has 4 rings (SSSR count). The third-order valence-electron chi connectivity index (χ3n) is 4.95.